The molecule has 2 aromatic carbocycles. The van der Waals surface area contributed by atoms with E-state index in [9.17, 15) is 4.79 Å². The first-order chi connectivity index (χ1) is 16.3. The number of ether oxygens (including phenoxy) is 1. The third-order valence-corrected chi connectivity index (χ3v) is 7.13. The molecule has 33 heavy (non-hydrogen) atoms. The molecule has 3 aromatic rings. The van der Waals surface area contributed by atoms with Crippen LogP contribution in [0.1, 0.15) is 31.5 Å². The maximum Gasteiger partial charge on any atom is 0.223 e. The van der Waals surface area contributed by atoms with Crippen molar-refractivity contribution in [3.8, 4) is 5.69 Å². The zero-order valence-electron chi connectivity index (χ0n) is 19.4. The number of para-hydroxylation sites is 3. The molecule has 0 unspecified atom stereocenters. The predicted molar refractivity (Wildman–Crippen MR) is 131 cm³/mol. The van der Waals surface area contributed by atoms with E-state index in [4.69, 9.17) is 9.72 Å². The van der Waals surface area contributed by atoms with Gasteiger partial charge in [0.05, 0.1) is 24.2 Å². The van der Waals surface area contributed by atoms with Gasteiger partial charge in [0.1, 0.15) is 5.82 Å². The highest BCUT2D eigenvalue weighted by Crippen LogP contribution is 2.24. The highest BCUT2D eigenvalue weighted by atomic mass is 16.5. The third-order valence-electron chi connectivity index (χ3n) is 7.13. The summed E-state index contributed by atoms with van der Waals surface area (Å²) >= 11 is 0. The monoisotopic (exact) mass is 446 g/mol. The van der Waals surface area contributed by atoms with Crippen LogP contribution in [0, 0.1) is 5.92 Å². The fourth-order valence-corrected chi connectivity index (χ4v) is 5.15. The molecule has 1 aromatic heterocycles. The standard InChI is InChI=1S/C27H34N4O2/c32-27(30-16-13-22(14-17-30)12-15-29-18-20-33-21-19-29)11-10-26-28-24-8-4-5-9-25(24)31(26)23-6-2-1-3-7-23/h1-9,22H,10-21H2. The first-order valence-corrected chi connectivity index (χ1v) is 12.4. The first-order valence-electron chi connectivity index (χ1n) is 12.4. The summed E-state index contributed by atoms with van der Waals surface area (Å²) in [7, 11) is 0. The lowest BCUT2D eigenvalue weighted by Crippen LogP contribution is -2.41. The molecule has 3 heterocycles. The smallest absolute Gasteiger partial charge is 0.223 e. The van der Waals surface area contributed by atoms with Crippen molar-refractivity contribution in [3.05, 3.63) is 60.4 Å². The van der Waals surface area contributed by atoms with Crippen molar-refractivity contribution >= 4 is 16.9 Å². The Bertz CT molecular complexity index is 1050. The van der Waals surface area contributed by atoms with E-state index in [2.05, 4.69) is 32.6 Å². The second-order valence-electron chi connectivity index (χ2n) is 9.25. The summed E-state index contributed by atoms with van der Waals surface area (Å²) in [5, 5.41) is 0. The van der Waals surface area contributed by atoms with E-state index < -0.39 is 0 Å². The summed E-state index contributed by atoms with van der Waals surface area (Å²) in [4.78, 5) is 22.5. The minimum atomic E-state index is 0.258. The van der Waals surface area contributed by atoms with E-state index in [0.29, 0.717) is 12.8 Å². The van der Waals surface area contributed by atoms with Crippen LogP contribution in [-0.2, 0) is 16.0 Å². The average molecular weight is 447 g/mol. The van der Waals surface area contributed by atoms with Crippen molar-refractivity contribution in [2.75, 3.05) is 45.9 Å². The van der Waals surface area contributed by atoms with Crippen molar-refractivity contribution in [3.63, 3.8) is 0 Å². The molecule has 2 fully saturated rings. The van der Waals surface area contributed by atoms with Crippen LogP contribution in [0.3, 0.4) is 0 Å². The summed E-state index contributed by atoms with van der Waals surface area (Å²) in [6, 6.07) is 18.5. The molecule has 1 amide bonds. The number of likely N-dealkylation sites (tertiary alicyclic amines) is 1. The lowest BCUT2D eigenvalue weighted by Gasteiger charge is -2.34. The topological polar surface area (TPSA) is 50.6 Å². The van der Waals surface area contributed by atoms with E-state index in [1.807, 2.05) is 36.4 Å². The third kappa shape index (κ3) is 5.28. The van der Waals surface area contributed by atoms with E-state index >= 15 is 0 Å². The lowest BCUT2D eigenvalue weighted by atomic mass is 9.93. The van der Waals surface area contributed by atoms with E-state index in [1.54, 1.807) is 0 Å². The van der Waals surface area contributed by atoms with Crippen molar-refractivity contribution in [2.45, 2.75) is 32.1 Å². The number of benzene rings is 2. The minimum absolute atomic E-state index is 0.258. The Labute approximate surface area is 196 Å². The molecule has 0 saturated carbocycles. The molecule has 0 radical (unpaired) electrons. The number of rotatable bonds is 7. The molecular formula is C27H34N4O2. The number of imidazole rings is 1. The largest absolute Gasteiger partial charge is 0.379 e. The number of nitrogens with zero attached hydrogens (tertiary/aromatic N) is 4. The van der Waals surface area contributed by atoms with Gasteiger partial charge in [-0.25, -0.2) is 4.98 Å². The number of piperidine rings is 1. The van der Waals surface area contributed by atoms with Crippen LogP contribution < -0.4 is 0 Å². The zero-order valence-corrected chi connectivity index (χ0v) is 19.4. The molecule has 0 atom stereocenters. The van der Waals surface area contributed by atoms with E-state index in [-0.39, 0.29) is 5.91 Å². The van der Waals surface area contributed by atoms with Crippen molar-refractivity contribution in [2.24, 2.45) is 5.92 Å². The number of aromatic nitrogens is 2. The van der Waals surface area contributed by atoms with E-state index in [1.165, 1.54) is 6.42 Å². The number of hydrogen-bond donors (Lipinski definition) is 0. The molecule has 0 spiro atoms. The van der Waals surface area contributed by atoms with Crippen LogP contribution in [0.25, 0.3) is 16.7 Å². The van der Waals surface area contributed by atoms with Gasteiger partial charge in [-0.15, -0.1) is 0 Å². The highest BCUT2D eigenvalue weighted by Gasteiger charge is 2.24. The molecule has 2 saturated heterocycles. The number of carbonyl (C=O) groups excluding carboxylic acids is 1. The Kier molecular flexibility index (Phi) is 7.03. The number of aryl methyl sites for hydroxylation is 1. The number of morpholine rings is 1. The molecule has 0 aliphatic carbocycles. The van der Waals surface area contributed by atoms with Gasteiger partial charge in [0, 0.05) is 44.7 Å². The second kappa shape index (κ2) is 10.5. The van der Waals surface area contributed by atoms with Crippen LogP contribution in [0.4, 0.5) is 0 Å². The molecular weight excluding hydrogens is 412 g/mol. The van der Waals surface area contributed by atoms with Gasteiger partial charge in [-0.1, -0.05) is 30.3 Å². The van der Waals surface area contributed by atoms with Gasteiger partial charge in [0.15, 0.2) is 0 Å². The van der Waals surface area contributed by atoms with Gasteiger partial charge >= 0.3 is 0 Å². The SMILES string of the molecule is O=C(CCc1nc2ccccc2n1-c1ccccc1)N1CCC(CCN2CCOCC2)CC1. The summed E-state index contributed by atoms with van der Waals surface area (Å²) in [6.07, 6.45) is 4.65. The van der Waals surface area contributed by atoms with Crippen LogP contribution in [0.2, 0.25) is 0 Å². The highest BCUT2D eigenvalue weighted by molar-refractivity contribution is 5.79. The number of amides is 1. The first kappa shape index (κ1) is 22.1. The fraction of sp³-hybridized carbons (Fsp3) is 0.481. The Balaban J connectivity index is 1.16. The molecule has 6 nitrogen and oxygen atoms in total. The van der Waals surface area contributed by atoms with Crippen molar-refractivity contribution in [1.82, 2.24) is 19.4 Å². The predicted octanol–water partition coefficient (Wildman–Crippen LogP) is 3.92. The quantitative estimate of drug-likeness (QED) is 0.552. The lowest BCUT2D eigenvalue weighted by molar-refractivity contribution is -0.132. The van der Waals surface area contributed by atoms with Crippen LogP contribution >= 0.6 is 0 Å². The molecule has 2 aliphatic rings. The van der Waals surface area contributed by atoms with E-state index in [0.717, 1.165) is 87.2 Å². The molecule has 0 bridgehead atoms. The minimum Gasteiger partial charge on any atom is -0.379 e. The number of carbonyl (C=O) groups is 1. The maximum atomic E-state index is 13.0. The fourth-order valence-electron chi connectivity index (χ4n) is 5.15. The molecule has 174 valence electrons. The Morgan fingerprint density at radius 3 is 2.45 bits per heavy atom. The average Bonchev–Trinajstić information content (AvgIpc) is 3.26. The summed E-state index contributed by atoms with van der Waals surface area (Å²) in [6.45, 7) is 6.80. The summed E-state index contributed by atoms with van der Waals surface area (Å²) < 4.78 is 7.64. The van der Waals surface area contributed by atoms with Crippen LogP contribution in [0.5, 0.6) is 0 Å². The number of fused-ring (bicyclic) bond motifs is 1. The van der Waals surface area contributed by atoms with Crippen molar-refractivity contribution < 1.29 is 9.53 Å². The molecule has 2 aliphatic heterocycles. The Morgan fingerprint density at radius 1 is 0.939 bits per heavy atom. The van der Waals surface area contributed by atoms with Gasteiger partial charge < -0.3 is 9.64 Å². The summed E-state index contributed by atoms with van der Waals surface area (Å²) in [5.74, 6) is 1.95. The van der Waals surface area contributed by atoms with Gasteiger partial charge in [-0.05, 0) is 56.0 Å². The van der Waals surface area contributed by atoms with Crippen LogP contribution in [0.15, 0.2) is 54.6 Å². The second-order valence-corrected chi connectivity index (χ2v) is 9.25. The zero-order chi connectivity index (χ0) is 22.5. The number of hydrogen-bond acceptors (Lipinski definition) is 4. The van der Waals surface area contributed by atoms with Crippen LogP contribution in [-0.4, -0.2) is 71.2 Å². The molecule has 6 heteroatoms. The molecule has 0 N–H and O–H groups in total. The molecule has 5 rings (SSSR count). The normalized spacial score (nSPS) is 18.1. The Hall–Kier alpha value is -2.70. The Morgan fingerprint density at radius 2 is 1.67 bits per heavy atom. The van der Waals surface area contributed by atoms with Gasteiger partial charge in [-0.2, -0.15) is 0 Å². The van der Waals surface area contributed by atoms with Gasteiger partial charge in [0.25, 0.3) is 0 Å². The van der Waals surface area contributed by atoms with Crippen molar-refractivity contribution in [1.29, 1.82) is 0 Å². The maximum absolute atomic E-state index is 13.0. The summed E-state index contributed by atoms with van der Waals surface area (Å²) in [5.41, 5.74) is 3.16. The van der Waals surface area contributed by atoms with Gasteiger partial charge in [0.2, 0.25) is 5.91 Å². The van der Waals surface area contributed by atoms with Gasteiger partial charge in [-0.3, -0.25) is 14.3 Å².